The van der Waals surface area contributed by atoms with Gasteiger partial charge in [0, 0.05) is 24.5 Å². The summed E-state index contributed by atoms with van der Waals surface area (Å²) in [5, 5.41) is 8.42. The van der Waals surface area contributed by atoms with E-state index in [1.807, 2.05) is 42.5 Å². The van der Waals surface area contributed by atoms with Gasteiger partial charge in [0.1, 0.15) is 0 Å². The van der Waals surface area contributed by atoms with Gasteiger partial charge in [0.05, 0.1) is 23.1 Å². The van der Waals surface area contributed by atoms with Gasteiger partial charge in [-0.3, -0.25) is 4.79 Å². The van der Waals surface area contributed by atoms with Crippen molar-refractivity contribution in [3.05, 3.63) is 72.6 Å². The minimum Gasteiger partial charge on any atom is -0.433 e. The van der Waals surface area contributed by atoms with E-state index in [9.17, 15) is 4.79 Å². The summed E-state index contributed by atoms with van der Waals surface area (Å²) in [7, 11) is 0. The van der Waals surface area contributed by atoms with Crippen LogP contribution < -0.4 is 10.2 Å². The van der Waals surface area contributed by atoms with E-state index in [0.717, 1.165) is 35.4 Å². The molecule has 0 bridgehead atoms. The molecule has 1 amide bonds. The fourth-order valence-electron chi connectivity index (χ4n) is 3.88. The molecule has 6 heteroatoms. The van der Waals surface area contributed by atoms with E-state index in [0.29, 0.717) is 5.88 Å². The average Bonchev–Trinajstić information content (AvgIpc) is 3.42. The zero-order chi connectivity index (χ0) is 19.6. The van der Waals surface area contributed by atoms with Crippen LogP contribution in [0.4, 0.5) is 11.4 Å². The minimum atomic E-state index is -0.267. The third-order valence-corrected chi connectivity index (χ3v) is 5.35. The molecule has 29 heavy (non-hydrogen) atoms. The molecule has 0 radical (unpaired) electrons. The predicted molar refractivity (Wildman–Crippen MR) is 114 cm³/mol. The highest BCUT2D eigenvalue weighted by atomic mass is 16.4. The number of rotatable bonds is 4. The van der Waals surface area contributed by atoms with Crippen molar-refractivity contribution >= 4 is 28.2 Å². The maximum Gasteiger partial charge on any atom is 0.291 e. The number of carbonyl (C=O) groups excluding carboxylic acids is 1. The Hall–Kier alpha value is -3.54. The lowest BCUT2D eigenvalue weighted by Crippen LogP contribution is -2.30. The number of nitrogens with zero attached hydrogens (tertiary/aromatic N) is 3. The van der Waals surface area contributed by atoms with Gasteiger partial charge in [-0.1, -0.05) is 30.3 Å². The number of furan rings is 1. The SMILES string of the molecule is O=C(Nc1ccccc1N1CCCCC1)c1ccc(-n2ncc3ccccc32)o1. The molecule has 0 spiro atoms. The van der Waals surface area contributed by atoms with Crippen LogP contribution in [0.3, 0.4) is 0 Å². The summed E-state index contributed by atoms with van der Waals surface area (Å²) in [6.45, 7) is 2.04. The number of aromatic nitrogens is 2. The number of hydrogen-bond acceptors (Lipinski definition) is 4. The summed E-state index contributed by atoms with van der Waals surface area (Å²) in [4.78, 5) is 15.2. The molecule has 0 saturated carbocycles. The monoisotopic (exact) mass is 386 g/mol. The van der Waals surface area contributed by atoms with E-state index in [-0.39, 0.29) is 11.7 Å². The van der Waals surface area contributed by atoms with Gasteiger partial charge in [0.25, 0.3) is 5.91 Å². The van der Waals surface area contributed by atoms with E-state index >= 15 is 0 Å². The Morgan fingerprint density at radius 3 is 2.62 bits per heavy atom. The molecule has 3 heterocycles. The van der Waals surface area contributed by atoms with Gasteiger partial charge in [-0.25, -0.2) is 4.68 Å². The largest absolute Gasteiger partial charge is 0.433 e. The molecule has 2 aromatic heterocycles. The molecule has 1 aliphatic rings. The molecule has 0 unspecified atom stereocenters. The van der Waals surface area contributed by atoms with Gasteiger partial charge in [0.15, 0.2) is 5.76 Å². The van der Waals surface area contributed by atoms with Crippen molar-refractivity contribution in [2.45, 2.75) is 19.3 Å². The quantitative estimate of drug-likeness (QED) is 0.544. The van der Waals surface area contributed by atoms with E-state index in [1.165, 1.54) is 19.3 Å². The molecule has 0 aliphatic carbocycles. The lowest BCUT2D eigenvalue weighted by molar-refractivity contribution is 0.0996. The lowest BCUT2D eigenvalue weighted by Gasteiger charge is -2.30. The molecular formula is C23H22N4O2. The second-order valence-electron chi connectivity index (χ2n) is 7.27. The first-order valence-electron chi connectivity index (χ1n) is 9.98. The standard InChI is InChI=1S/C23H22N4O2/c28-23(25-18-9-3-5-11-20(18)26-14-6-1-7-15-26)21-12-13-22(29-21)27-19-10-4-2-8-17(19)16-24-27/h2-5,8-13,16H,1,6-7,14-15H2,(H,25,28). The van der Waals surface area contributed by atoms with Crippen molar-refractivity contribution in [2.24, 2.45) is 0 Å². The van der Waals surface area contributed by atoms with Crippen LogP contribution in [0, 0.1) is 0 Å². The molecule has 1 saturated heterocycles. The maximum atomic E-state index is 12.8. The summed E-state index contributed by atoms with van der Waals surface area (Å²) < 4.78 is 7.53. The van der Waals surface area contributed by atoms with E-state index in [2.05, 4.69) is 21.4 Å². The Morgan fingerprint density at radius 1 is 0.931 bits per heavy atom. The minimum absolute atomic E-state index is 0.257. The maximum absolute atomic E-state index is 12.8. The number of nitrogens with one attached hydrogen (secondary N) is 1. The highest BCUT2D eigenvalue weighted by Gasteiger charge is 2.18. The second-order valence-corrected chi connectivity index (χ2v) is 7.27. The molecule has 1 fully saturated rings. The van der Waals surface area contributed by atoms with Gasteiger partial charge in [-0.2, -0.15) is 5.10 Å². The van der Waals surface area contributed by atoms with Gasteiger partial charge >= 0.3 is 0 Å². The van der Waals surface area contributed by atoms with E-state index in [1.54, 1.807) is 23.0 Å². The number of piperidine rings is 1. The average molecular weight is 386 g/mol. The van der Waals surface area contributed by atoms with Crippen LogP contribution in [0.5, 0.6) is 0 Å². The van der Waals surface area contributed by atoms with Gasteiger partial charge in [-0.15, -0.1) is 0 Å². The summed E-state index contributed by atoms with van der Waals surface area (Å²) in [5.41, 5.74) is 2.80. The van der Waals surface area contributed by atoms with Crippen LogP contribution in [0.2, 0.25) is 0 Å². The predicted octanol–water partition coefficient (Wildman–Crippen LogP) is 4.86. The number of para-hydroxylation sites is 3. The Balaban J connectivity index is 1.39. The number of fused-ring (bicyclic) bond motifs is 1. The normalized spacial score (nSPS) is 14.3. The fraction of sp³-hybridized carbons (Fsp3) is 0.217. The van der Waals surface area contributed by atoms with Crippen molar-refractivity contribution in [3.8, 4) is 5.88 Å². The number of benzene rings is 2. The molecule has 0 atom stereocenters. The number of amides is 1. The summed E-state index contributed by atoms with van der Waals surface area (Å²) in [6, 6.07) is 19.3. The topological polar surface area (TPSA) is 63.3 Å². The van der Waals surface area contributed by atoms with Crippen LogP contribution in [0.1, 0.15) is 29.8 Å². The Labute approximate surface area is 168 Å². The summed E-state index contributed by atoms with van der Waals surface area (Å²) >= 11 is 0. The molecule has 6 nitrogen and oxygen atoms in total. The van der Waals surface area contributed by atoms with Crippen molar-refractivity contribution < 1.29 is 9.21 Å². The first-order chi connectivity index (χ1) is 14.3. The van der Waals surface area contributed by atoms with Gasteiger partial charge in [0.2, 0.25) is 5.88 Å². The third-order valence-electron chi connectivity index (χ3n) is 5.35. The Morgan fingerprint density at radius 2 is 1.72 bits per heavy atom. The first kappa shape index (κ1) is 17.6. The van der Waals surface area contributed by atoms with E-state index in [4.69, 9.17) is 4.42 Å². The zero-order valence-electron chi connectivity index (χ0n) is 16.0. The van der Waals surface area contributed by atoms with E-state index < -0.39 is 0 Å². The lowest BCUT2D eigenvalue weighted by atomic mass is 10.1. The van der Waals surface area contributed by atoms with Crippen molar-refractivity contribution in [1.82, 2.24) is 9.78 Å². The fourth-order valence-corrected chi connectivity index (χ4v) is 3.88. The number of hydrogen-bond donors (Lipinski definition) is 1. The van der Waals surface area contributed by atoms with Crippen LogP contribution >= 0.6 is 0 Å². The number of carbonyl (C=O) groups is 1. The van der Waals surface area contributed by atoms with Crippen molar-refractivity contribution in [2.75, 3.05) is 23.3 Å². The molecule has 4 aromatic rings. The van der Waals surface area contributed by atoms with Crippen molar-refractivity contribution in [1.29, 1.82) is 0 Å². The van der Waals surface area contributed by atoms with Crippen LogP contribution in [-0.2, 0) is 0 Å². The first-order valence-corrected chi connectivity index (χ1v) is 9.98. The molecular weight excluding hydrogens is 364 g/mol. The molecule has 5 rings (SSSR count). The smallest absolute Gasteiger partial charge is 0.291 e. The summed E-state index contributed by atoms with van der Waals surface area (Å²) in [5.74, 6) is 0.505. The molecule has 1 N–H and O–H groups in total. The zero-order valence-corrected chi connectivity index (χ0v) is 16.0. The Kier molecular flexibility index (Phi) is 4.52. The number of anilines is 2. The second kappa shape index (κ2) is 7.47. The third kappa shape index (κ3) is 3.38. The molecule has 146 valence electrons. The Bertz CT molecular complexity index is 1150. The van der Waals surface area contributed by atoms with Crippen LogP contribution in [0.25, 0.3) is 16.8 Å². The van der Waals surface area contributed by atoms with Crippen LogP contribution in [-0.4, -0.2) is 28.8 Å². The highest BCUT2D eigenvalue weighted by Crippen LogP contribution is 2.29. The van der Waals surface area contributed by atoms with Gasteiger partial charge < -0.3 is 14.6 Å². The van der Waals surface area contributed by atoms with Crippen LogP contribution in [0.15, 0.2) is 71.3 Å². The molecule has 2 aromatic carbocycles. The van der Waals surface area contributed by atoms with Crippen molar-refractivity contribution in [3.63, 3.8) is 0 Å². The summed E-state index contributed by atoms with van der Waals surface area (Å²) in [6.07, 6.45) is 5.41. The molecule has 1 aliphatic heterocycles. The van der Waals surface area contributed by atoms with Gasteiger partial charge in [-0.05, 0) is 43.5 Å². The highest BCUT2D eigenvalue weighted by molar-refractivity contribution is 6.04.